The number of benzene rings is 2. The van der Waals surface area contributed by atoms with Crippen LogP contribution in [0.2, 0.25) is 0 Å². The molecule has 0 bridgehead atoms. The predicted molar refractivity (Wildman–Crippen MR) is 125 cm³/mol. The average molecular weight is 475 g/mol. The van der Waals surface area contributed by atoms with Crippen LogP contribution in [-0.2, 0) is 17.7 Å². The molecule has 2 aromatic rings. The van der Waals surface area contributed by atoms with Gasteiger partial charge in [-0.2, -0.15) is 0 Å². The van der Waals surface area contributed by atoms with Crippen molar-refractivity contribution in [1.82, 2.24) is 9.80 Å². The minimum absolute atomic E-state index is 0.0579. The Kier molecular flexibility index (Phi) is 6.71. The number of rotatable bonds is 3. The summed E-state index contributed by atoms with van der Waals surface area (Å²) < 4.78 is 48.1. The molecular formula is C26H32F2N2O4. The number of fused-ring (bicyclic) bond motifs is 2. The van der Waals surface area contributed by atoms with Crippen molar-refractivity contribution >= 4 is 6.09 Å². The fraction of sp³-hybridized carbons (Fsp3) is 0.500. The number of nitrogens with zero attached hydrogens (tertiary/aromatic N) is 2. The molecule has 1 atom stereocenters. The molecule has 184 valence electrons. The largest absolute Gasteiger partial charge is 0.496 e. The SMILES string of the molecule is CCc1cccc(OC)c1-c1c(F)cc2c(c1F)OC[C@H]1CN(C(=O)OC(C)(C)C)CCN1C2. The van der Waals surface area contributed by atoms with Gasteiger partial charge in [-0.15, -0.1) is 0 Å². The normalized spacial score (nSPS) is 18.4. The highest BCUT2D eigenvalue weighted by atomic mass is 19.1. The Labute approximate surface area is 199 Å². The van der Waals surface area contributed by atoms with Crippen LogP contribution in [0.4, 0.5) is 13.6 Å². The molecule has 0 aliphatic carbocycles. The third kappa shape index (κ3) is 4.69. The molecule has 1 amide bonds. The molecule has 2 heterocycles. The van der Waals surface area contributed by atoms with Gasteiger partial charge in [0, 0.05) is 37.3 Å². The van der Waals surface area contributed by atoms with E-state index < -0.39 is 17.2 Å². The quantitative estimate of drug-likeness (QED) is 0.626. The summed E-state index contributed by atoms with van der Waals surface area (Å²) in [7, 11) is 1.49. The molecule has 2 aromatic carbocycles. The number of aryl methyl sites for hydroxylation is 1. The van der Waals surface area contributed by atoms with Gasteiger partial charge in [-0.1, -0.05) is 19.1 Å². The van der Waals surface area contributed by atoms with Gasteiger partial charge in [0.15, 0.2) is 11.6 Å². The van der Waals surface area contributed by atoms with E-state index >= 15 is 8.78 Å². The van der Waals surface area contributed by atoms with E-state index in [0.717, 1.165) is 5.56 Å². The van der Waals surface area contributed by atoms with Crippen LogP contribution in [0.5, 0.6) is 11.5 Å². The van der Waals surface area contributed by atoms with Gasteiger partial charge in [0.1, 0.15) is 23.8 Å². The van der Waals surface area contributed by atoms with E-state index in [4.69, 9.17) is 14.2 Å². The summed E-state index contributed by atoms with van der Waals surface area (Å²) in [6, 6.07) is 6.56. The summed E-state index contributed by atoms with van der Waals surface area (Å²) in [5.41, 5.74) is 0.934. The highest BCUT2D eigenvalue weighted by molar-refractivity contribution is 5.77. The number of amides is 1. The van der Waals surface area contributed by atoms with E-state index in [1.807, 2.05) is 39.8 Å². The lowest BCUT2D eigenvalue weighted by Gasteiger charge is -2.40. The van der Waals surface area contributed by atoms with Gasteiger partial charge in [-0.25, -0.2) is 13.6 Å². The molecule has 0 N–H and O–H groups in total. The Balaban J connectivity index is 1.64. The van der Waals surface area contributed by atoms with Gasteiger partial charge in [0.05, 0.1) is 18.7 Å². The summed E-state index contributed by atoms with van der Waals surface area (Å²) in [5.74, 6) is -0.901. The average Bonchev–Trinajstić information content (AvgIpc) is 2.96. The number of carbonyl (C=O) groups excluding carboxylic acids is 1. The van der Waals surface area contributed by atoms with Crippen molar-refractivity contribution in [3.05, 3.63) is 47.0 Å². The van der Waals surface area contributed by atoms with Crippen LogP contribution in [0.25, 0.3) is 11.1 Å². The van der Waals surface area contributed by atoms with Gasteiger partial charge in [0.2, 0.25) is 0 Å². The van der Waals surface area contributed by atoms with Crippen LogP contribution in [0.15, 0.2) is 24.3 Å². The number of methoxy groups -OCH3 is 1. The molecule has 1 saturated heterocycles. The van der Waals surface area contributed by atoms with Crippen LogP contribution < -0.4 is 9.47 Å². The zero-order valence-corrected chi connectivity index (χ0v) is 20.4. The van der Waals surface area contributed by atoms with E-state index in [-0.39, 0.29) is 30.1 Å². The summed E-state index contributed by atoms with van der Waals surface area (Å²) in [6.45, 7) is 9.36. The molecule has 6 nitrogen and oxygen atoms in total. The van der Waals surface area contributed by atoms with Crippen molar-refractivity contribution in [2.45, 2.75) is 52.3 Å². The van der Waals surface area contributed by atoms with Crippen molar-refractivity contribution < 1.29 is 27.8 Å². The van der Waals surface area contributed by atoms with Crippen LogP contribution >= 0.6 is 0 Å². The molecular weight excluding hydrogens is 442 g/mol. The summed E-state index contributed by atoms with van der Waals surface area (Å²) in [4.78, 5) is 16.3. The van der Waals surface area contributed by atoms with E-state index in [9.17, 15) is 4.79 Å². The molecule has 2 aliphatic rings. The second-order valence-electron chi connectivity index (χ2n) is 9.75. The van der Waals surface area contributed by atoms with Crippen molar-refractivity contribution in [1.29, 1.82) is 0 Å². The first-order valence-electron chi connectivity index (χ1n) is 11.6. The molecule has 2 aliphatic heterocycles. The zero-order valence-electron chi connectivity index (χ0n) is 20.4. The molecule has 34 heavy (non-hydrogen) atoms. The number of carbonyl (C=O) groups is 1. The minimum Gasteiger partial charge on any atom is -0.496 e. The van der Waals surface area contributed by atoms with Crippen LogP contribution in [0.3, 0.4) is 0 Å². The van der Waals surface area contributed by atoms with Crippen LogP contribution in [0.1, 0.15) is 38.8 Å². The lowest BCUT2D eigenvalue weighted by Crippen LogP contribution is -2.56. The number of halogens is 2. The number of piperazine rings is 1. The van der Waals surface area contributed by atoms with E-state index in [1.165, 1.54) is 13.2 Å². The van der Waals surface area contributed by atoms with Gasteiger partial charge < -0.3 is 19.1 Å². The molecule has 0 saturated carbocycles. The highest BCUT2D eigenvalue weighted by Gasteiger charge is 2.36. The molecule has 0 spiro atoms. The Morgan fingerprint density at radius 3 is 2.65 bits per heavy atom. The monoisotopic (exact) mass is 474 g/mol. The highest BCUT2D eigenvalue weighted by Crippen LogP contribution is 2.42. The Hall–Kier alpha value is -2.87. The maximum atomic E-state index is 15.9. The van der Waals surface area contributed by atoms with Gasteiger partial charge in [-0.05, 0) is 44.9 Å². The first-order chi connectivity index (χ1) is 16.1. The summed E-state index contributed by atoms with van der Waals surface area (Å²) >= 11 is 0. The smallest absolute Gasteiger partial charge is 0.410 e. The fourth-order valence-corrected chi connectivity index (χ4v) is 4.63. The lowest BCUT2D eigenvalue weighted by molar-refractivity contribution is -0.00164. The summed E-state index contributed by atoms with van der Waals surface area (Å²) in [5, 5.41) is 0. The molecule has 8 heteroatoms. The second kappa shape index (κ2) is 9.41. The van der Waals surface area contributed by atoms with E-state index in [0.29, 0.717) is 49.5 Å². The third-order valence-corrected chi connectivity index (χ3v) is 6.26. The standard InChI is InChI=1S/C26H32F2N2O4/c1-6-16-8-7-9-20(32-5)21(16)22-19(27)12-17-13-29-10-11-30(25(31)34-26(2,3)4)14-18(29)15-33-24(17)23(22)28/h7-9,12,18H,6,10-11,13-15H2,1-5H3/t18-/m1/s1. The maximum Gasteiger partial charge on any atom is 0.410 e. The Morgan fingerprint density at radius 2 is 1.97 bits per heavy atom. The van der Waals surface area contributed by atoms with Crippen LogP contribution in [-0.4, -0.2) is 60.9 Å². The van der Waals surface area contributed by atoms with Crippen molar-refractivity contribution in [3.8, 4) is 22.6 Å². The van der Waals surface area contributed by atoms with Gasteiger partial charge in [0.25, 0.3) is 0 Å². The topological polar surface area (TPSA) is 51.2 Å². The van der Waals surface area contributed by atoms with Crippen molar-refractivity contribution in [2.75, 3.05) is 33.4 Å². The zero-order chi connectivity index (χ0) is 24.6. The van der Waals surface area contributed by atoms with Crippen molar-refractivity contribution in [3.63, 3.8) is 0 Å². The Morgan fingerprint density at radius 1 is 1.21 bits per heavy atom. The molecule has 4 rings (SSSR count). The number of hydrogen-bond acceptors (Lipinski definition) is 5. The Bertz CT molecular complexity index is 1060. The molecule has 0 aromatic heterocycles. The lowest BCUT2D eigenvalue weighted by atomic mass is 9.94. The van der Waals surface area contributed by atoms with Gasteiger partial charge >= 0.3 is 6.09 Å². The van der Waals surface area contributed by atoms with E-state index in [2.05, 4.69) is 4.90 Å². The first-order valence-corrected chi connectivity index (χ1v) is 11.6. The maximum absolute atomic E-state index is 15.9. The van der Waals surface area contributed by atoms with Crippen LogP contribution in [0, 0.1) is 11.6 Å². The molecule has 1 fully saturated rings. The minimum atomic E-state index is -0.724. The fourth-order valence-electron chi connectivity index (χ4n) is 4.63. The second-order valence-corrected chi connectivity index (χ2v) is 9.75. The third-order valence-electron chi connectivity index (χ3n) is 6.26. The van der Waals surface area contributed by atoms with E-state index in [1.54, 1.807) is 11.0 Å². The first kappa shape index (κ1) is 24.3. The number of ether oxygens (including phenoxy) is 3. The predicted octanol–water partition coefficient (Wildman–Crippen LogP) is 5.02. The number of hydrogen-bond donors (Lipinski definition) is 0. The van der Waals surface area contributed by atoms with Crippen molar-refractivity contribution in [2.24, 2.45) is 0 Å². The summed E-state index contributed by atoms with van der Waals surface area (Å²) in [6.07, 6.45) is 0.219. The molecule has 0 radical (unpaired) electrons. The van der Waals surface area contributed by atoms with Gasteiger partial charge in [-0.3, -0.25) is 4.90 Å². The molecule has 0 unspecified atom stereocenters.